The van der Waals surface area contributed by atoms with Crippen LogP contribution in [0.2, 0.25) is 0 Å². The predicted octanol–water partition coefficient (Wildman–Crippen LogP) is 2.96. The van der Waals surface area contributed by atoms with Crippen LogP contribution in [0.5, 0.6) is 0 Å². The van der Waals surface area contributed by atoms with Gasteiger partial charge in [0.2, 0.25) is 0 Å². The standard InChI is InChI=1S/C13H15NO2/c1-9(2)13-12(14-8-16-13)11-5-3-10(7-15)4-6-11/h3-6,8-9,15H,7H2,1-2H3. The SMILES string of the molecule is CC(C)c1ocnc1-c1ccc(CO)cc1. The maximum atomic E-state index is 8.97. The first kappa shape index (κ1) is 10.9. The second kappa shape index (κ2) is 4.49. The Balaban J connectivity index is 2.38. The highest BCUT2D eigenvalue weighted by Crippen LogP contribution is 2.27. The summed E-state index contributed by atoms with van der Waals surface area (Å²) in [5, 5.41) is 8.97. The second-order valence-corrected chi connectivity index (χ2v) is 4.07. The highest BCUT2D eigenvalue weighted by molar-refractivity contribution is 5.61. The topological polar surface area (TPSA) is 46.3 Å². The molecule has 84 valence electrons. The molecule has 2 rings (SSSR count). The molecule has 0 fully saturated rings. The van der Waals surface area contributed by atoms with Gasteiger partial charge in [0, 0.05) is 11.5 Å². The molecule has 0 aliphatic rings. The maximum absolute atomic E-state index is 8.97. The van der Waals surface area contributed by atoms with Crippen LogP contribution >= 0.6 is 0 Å². The van der Waals surface area contributed by atoms with Crippen molar-refractivity contribution >= 4 is 0 Å². The molecular formula is C13H15NO2. The van der Waals surface area contributed by atoms with Crippen molar-refractivity contribution in [3.8, 4) is 11.3 Å². The molecule has 0 aliphatic carbocycles. The number of rotatable bonds is 3. The second-order valence-electron chi connectivity index (χ2n) is 4.07. The Morgan fingerprint density at radius 2 is 1.94 bits per heavy atom. The van der Waals surface area contributed by atoms with E-state index in [1.807, 2.05) is 24.3 Å². The fourth-order valence-electron chi connectivity index (χ4n) is 1.65. The van der Waals surface area contributed by atoms with Crippen LogP contribution in [0.3, 0.4) is 0 Å². The van der Waals surface area contributed by atoms with Gasteiger partial charge in [-0.1, -0.05) is 38.1 Å². The van der Waals surface area contributed by atoms with Gasteiger partial charge in [-0.2, -0.15) is 0 Å². The Morgan fingerprint density at radius 1 is 1.25 bits per heavy atom. The number of hydrogen-bond donors (Lipinski definition) is 1. The Bertz CT molecular complexity index is 457. The van der Waals surface area contributed by atoms with Crippen LogP contribution < -0.4 is 0 Å². The van der Waals surface area contributed by atoms with Crippen LogP contribution in [-0.4, -0.2) is 10.1 Å². The molecule has 0 saturated carbocycles. The molecule has 0 saturated heterocycles. The van der Waals surface area contributed by atoms with Gasteiger partial charge < -0.3 is 9.52 Å². The summed E-state index contributed by atoms with van der Waals surface area (Å²) in [4.78, 5) is 4.23. The van der Waals surface area contributed by atoms with Gasteiger partial charge >= 0.3 is 0 Å². The number of hydrogen-bond acceptors (Lipinski definition) is 3. The normalized spacial score (nSPS) is 11.0. The summed E-state index contributed by atoms with van der Waals surface area (Å²) in [6.07, 6.45) is 1.48. The highest BCUT2D eigenvalue weighted by Gasteiger charge is 2.13. The lowest BCUT2D eigenvalue weighted by Crippen LogP contribution is -1.90. The molecule has 2 aromatic rings. The molecule has 0 unspecified atom stereocenters. The first-order chi connectivity index (χ1) is 7.72. The summed E-state index contributed by atoms with van der Waals surface area (Å²) in [7, 11) is 0. The van der Waals surface area contributed by atoms with E-state index < -0.39 is 0 Å². The van der Waals surface area contributed by atoms with Crippen molar-refractivity contribution in [1.29, 1.82) is 0 Å². The number of benzene rings is 1. The van der Waals surface area contributed by atoms with E-state index in [0.29, 0.717) is 5.92 Å². The molecule has 0 spiro atoms. The van der Waals surface area contributed by atoms with Crippen molar-refractivity contribution in [3.63, 3.8) is 0 Å². The van der Waals surface area contributed by atoms with E-state index in [1.165, 1.54) is 6.39 Å². The molecule has 1 aromatic heterocycles. The summed E-state index contributed by atoms with van der Waals surface area (Å²) in [5.74, 6) is 1.21. The number of aliphatic hydroxyl groups excluding tert-OH is 1. The summed E-state index contributed by atoms with van der Waals surface area (Å²) in [6, 6.07) is 7.70. The van der Waals surface area contributed by atoms with Gasteiger partial charge in [0.25, 0.3) is 0 Å². The van der Waals surface area contributed by atoms with E-state index >= 15 is 0 Å². The van der Waals surface area contributed by atoms with Crippen LogP contribution in [0.15, 0.2) is 35.1 Å². The third-order valence-corrected chi connectivity index (χ3v) is 2.53. The number of aliphatic hydroxyl groups is 1. The minimum absolute atomic E-state index is 0.0656. The van der Waals surface area contributed by atoms with E-state index in [0.717, 1.165) is 22.6 Å². The smallest absolute Gasteiger partial charge is 0.181 e. The molecule has 0 radical (unpaired) electrons. The Labute approximate surface area is 94.8 Å². The minimum Gasteiger partial charge on any atom is -0.448 e. The quantitative estimate of drug-likeness (QED) is 0.859. The van der Waals surface area contributed by atoms with Crippen LogP contribution in [0.25, 0.3) is 11.3 Å². The molecule has 3 nitrogen and oxygen atoms in total. The van der Waals surface area contributed by atoms with Crippen LogP contribution in [0, 0.1) is 0 Å². The monoisotopic (exact) mass is 217 g/mol. The van der Waals surface area contributed by atoms with E-state index in [9.17, 15) is 0 Å². The van der Waals surface area contributed by atoms with E-state index in [1.54, 1.807) is 0 Å². The van der Waals surface area contributed by atoms with Gasteiger partial charge in [-0.05, 0) is 5.56 Å². The van der Waals surface area contributed by atoms with Gasteiger partial charge in [0.1, 0.15) is 11.5 Å². The molecule has 1 aromatic carbocycles. The van der Waals surface area contributed by atoms with Gasteiger partial charge in [-0.15, -0.1) is 0 Å². The largest absolute Gasteiger partial charge is 0.448 e. The lowest BCUT2D eigenvalue weighted by atomic mass is 10.0. The average Bonchev–Trinajstić information content (AvgIpc) is 2.78. The van der Waals surface area contributed by atoms with Crippen molar-refractivity contribution in [1.82, 2.24) is 4.98 Å². The number of aromatic nitrogens is 1. The van der Waals surface area contributed by atoms with E-state index in [2.05, 4.69) is 18.8 Å². The third-order valence-electron chi connectivity index (χ3n) is 2.53. The number of oxazole rings is 1. The fourth-order valence-corrected chi connectivity index (χ4v) is 1.65. The Hall–Kier alpha value is -1.61. The lowest BCUT2D eigenvalue weighted by molar-refractivity contribution is 0.282. The van der Waals surface area contributed by atoms with Gasteiger partial charge in [0.05, 0.1) is 6.61 Å². The highest BCUT2D eigenvalue weighted by atomic mass is 16.3. The molecule has 0 aliphatic heterocycles. The average molecular weight is 217 g/mol. The number of nitrogens with zero attached hydrogens (tertiary/aromatic N) is 1. The van der Waals surface area contributed by atoms with Crippen molar-refractivity contribution < 1.29 is 9.52 Å². The summed E-state index contributed by atoms with van der Waals surface area (Å²) < 4.78 is 5.38. The van der Waals surface area contributed by atoms with Crippen molar-refractivity contribution in [2.45, 2.75) is 26.4 Å². The molecule has 3 heteroatoms. The predicted molar refractivity (Wildman–Crippen MR) is 62.0 cm³/mol. The van der Waals surface area contributed by atoms with Crippen molar-refractivity contribution in [3.05, 3.63) is 42.0 Å². The third kappa shape index (κ3) is 1.99. The van der Waals surface area contributed by atoms with Gasteiger partial charge in [-0.3, -0.25) is 0 Å². The lowest BCUT2D eigenvalue weighted by Gasteiger charge is -2.04. The zero-order valence-corrected chi connectivity index (χ0v) is 9.47. The molecule has 0 atom stereocenters. The summed E-state index contributed by atoms with van der Waals surface area (Å²) >= 11 is 0. The molecule has 16 heavy (non-hydrogen) atoms. The molecule has 1 heterocycles. The maximum Gasteiger partial charge on any atom is 0.181 e. The first-order valence-corrected chi connectivity index (χ1v) is 5.36. The first-order valence-electron chi connectivity index (χ1n) is 5.36. The summed E-state index contributed by atoms with van der Waals surface area (Å²) in [5.41, 5.74) is 2.81. The van der Waals surface area contributed by atoms with E-state index in [4.69, 9.17) is 9.52 Å². The molecule has 1 N–H and O–H groups in total. The van der Waals surface area contributed by atoms with Crippen LogP contribution in [-0.2, 0) is 6.61 Å². The fraction of sp³-hybridized carbons (Fsp3) is 0.308. The molecule has 0 bridgehead atoms. The molecule has 0 amide bonds. The van der Waals surface area contributed by atoms with E-state index in [-0.39, 0.29) is 6.61 Å². The summed E-state index contributed by atoms with van der Waals surface area (Å²) in [6.45, 7) is 4.22. The van der Waals surface area contributed by atoms with Crippen molar-refractivity contribution in [2.75, 3.05) is 0 Å². The minimum atomic E-state index is 0.0656. The van der Waals surface area contributed by atoms with Crippen LogP contribution in [0.4, 0.5) is 0 Å². The molecular weight excluding hydrogens is 202 g/mol. The van der Waals surface area contributed by atoms with Crippen LogP contribution in [0.1, 0.15) is 31.1 Å². The zero-order valence-electron chi connectivity index (χ0n) is 9.47. The van der Waals surface area contributed by atoms with Gasteiger partial charge in [-0.25, -0.2) is 4.98 Å². The van der Waals surface area contributed by atoms with Crippen molar-refractivity contribution in [2.24, 2.45) is 0 Å². The zero-order chi connectivity index (χ0) is 11.5. The van der Waals surface area contributed by atoms with Gasteiger partial charge in [0.15, 0.2) is 6.39 Å². The Morgan fingerprint density at radius 3 is 2.50 bits per heavy atom. The Kier molecular flexibility index (Phi) is 3.06.